The lowest BCUT2D eigenvalue weighted by Gasteiger charge is -2.10. The first-order valence-corrected chi connectivity index (χ1v) is 8.33. The molecule has 0 saturated carbocycles. The predicted molar refractivity (Wildman–Crippen MR) is 103 cm³/mol. The lowest BCUT2D eigenvalue weighted by molar-refractivity contribution is 0.102. The van der Waals surface area contributed by atoms with E-state index in [0.29, 0.717) is 29.5 Å². The van der Waals surface area contributed by atoms with Crippen molar-refractivity contribution >= 4 is 17.5 Å². The summed E-state index contributed by atoms with van der Waals surface area (Å²) in [6, 6.07) is 14.9. The largest absolute Gasteiger partial charge is 0.496 e. The molecule has 0 radical (unpaired) electrons. The number of nitrogens with zero attached hydrogens (tertiary/aromatic N) is 2. The number of methoxy groups -OCH3 is 2. The standard InChI is InChI=1S/C20H20N4O3/c1-26-17-9-5-3-7-14(17)11-21-20-22-12-15(13-23-20)19(25)24-16-8-4-6-10-18(16)27-2/h3-10,12-13H,11H2,1-2H3,(H,24,25)(H,21,22,23). The third kappa shape index (κ3) is 4.52. The number of ether oxygens (including phenoxy) is 2. The van der Waals surface area contributed by atoms with Crippen molar-refractivity contribution in [2.45, 2.75) is 6.54 Å². The molecule has 0 spiro atoms. The monoisotopic (exact) mass is 364 g/mol. The van der Waals surface area contributed by atoms with E-state index < -0.39 is 0 Å². The second-order valence-corrected chi connectivity index (χ2v) is 5.62. The van der Waals surface area contributed by atoms with Crippen molar-refractivity contribution in [1.82, 2.24) is 9.97 Å². The lowest BCUT2D eigenvalue weighted by atomic mass is 10.2. The van der Waals surface area contributed by atoms with Crippen LogP contribution in [0.2, 0.25) is 0 Å². The predicted octanol–water partition coefficient (Wildman–Crippen LogP) is 3.36. The van der Waals surface area contributed by atoms with E-state index in [4.69, 9.17) is 9.47 Å². The van der Waals surface area contributed by atoms with E-state index in [1.807, 2.05) is 36.4 Å². The summed E-state index contributed by atoms with van der Waals surface area (Å²) in [4.78, 5) is 20.8. The van der Waals surface area contributed by atoms with Gasteiger partial charge in [-0.15, -0.1) is 0 Å². The molecular weight excluding hydrogens is 344 g/mol. The van der Waals surface area contributed by atoms with E-state index >= 15 is 0 Å². The minimum Gasteiger partial charge on any atom is -0.496 e. The Bertz CT molecular complexity index is 913. The number of rotatable bonds is 7. The first-order chi connectivity index (χ1) is 13.2. The van der Waals surface area contributed by atoms with Crippen molar-refractivity contribution in [3.05, 3.63) is 72.1 Å². The number of anilines is 2. The molecule has 1 aromatic heterocycles. The van der Waals surface area contributed by atoms with Crippen LogP contribution in [0.5, 0.6) is 11.5 Å². The van der Waals surface area contributed by atoms with Crippen molar-refractivity contribution in [2.75, 3.05) is 24.9 Å². The summed E-state index contributed by atoms with van der Waals surface area (Å²) in [5.74, 6) is 1.49. The Morgan fingerprint density at radius 2 is 1.56 bits per heavy atom. The summed E-state index contributed by atoms with van der Waals surface area (Å²) in [6.45, 7) is 0.511. The number of nitrogens with one attached hydrogen (secondary N) is 2. The molecule has 0 fully saturated rings. The van der Waals surface area contributed by atoms with Crippen LogP contribution in [-0.4, -0.2) is 30.1 Å². The van der Waals surface area contributed by atoms with Gasteiger partial charge in [0.25, 0.3) is 5.91 Å². The van der Waals surface area contributed by atoms with Crippen LogP contribution < -0.4 is 20.1 Å². The molecule has 1 amide bonds. The van der Waals surface area contributed by atoms with Crippen LogP contribution in [0.3, 0.4) is 0 Å². The fourth-order valence-electron chi connectivity index (χ4n) is 2.50. The Balaban J connectivity index is 1.63. The summed E-state index contributed by atoms with van der Waals surface area (Å²) >= 11 is 0. The van der Waals surface area contributed by atoms with E-state index in [2.05, 4.69) is 20.6 Å². The van der Waals surface area contributed by atoms with Gasteiger partial charge in [0.2, 0.25) is 5.95 Å². The van der Waals surface area contributed by atoms with E-state index in [9.17, 15) is 4.79 Å². The molecule has 0 saturated heterocycles. The molecule has 7 heteroatoms. The first kappa shape index (κ1) is 18.2. The third-order valence-electron chi connectivity index (χ3n) is 3.90. The van der Waals surface area contributed by atoms with Gasteiger partial charge in [0.05, 0.1) is 25.5 Å². The van der Waals surface area contributed by atoms with Crippen LogP contribution in [0.15, 0.2) is 60.9 Å². The maximum Gasteiger partial charge on any atom is 0.258 e. The Kier molecular flexibility index (Phi) is 5.84. The van der Waals surface area contributed by atoms with Crippen LogP contribution in [-0.2, 0) is 6.54 Å². The summed E-state index contributed by atoms with van der Waals surface area (Å²) in [5, 5.41) is 5.91. The second kappa shape index (κ2) is 8.66. The summed E-state index contributed by atoms with van der Waals surface area (Å²) < 4.78 is 10.5. The van der Waals surface area contributed by atoms with Gasteiger partial charge < -0.3 is 20.1 Å². The Morgan fingerprint density at radius 3 is 2.26 bits per heavy atom. The molecular formula is C20H20N4O3. The number of carbonyl (C=O) groups is 1. The number of para-hydroxylation sites is 3. The van der Waals surface area contributed by atoms with Gasteiger partial charge in [-0.05, 0) is 18.2 Å². The van der Waals surface area contributed by atoms with Gasteiger partial charge >= 0.3 is 0 Å². The highest BCUT2D eigenvalue weighted by Gasteiger charge is 2.11. The number of carbonyl (C=O) groups excluding carboxylic acids is 1. The molecule has 3 aromatic rings. The van der Waals surface area contributed by atoms with Crippen molar-refractivity contribution in [1.29, 1.82) is 0 Å². The van der Waals surface area contributed by atoms with E-state index in [-0.39, 0.29) is 5.91 Å². The third-order valence-corrected chi connectivity index (χ3v) is 3.90. The van der Waals surface area contributed by atoms with Gasteiger partial charge in [-0.3, -0.25) is 4.79 Å². The molecule has 3 rings (SSSR count). The SMILES string of the molecule is COc1ccccc1CNc1ncc(C(=O)Nc2ccccc2OC)cn1. The van der Waals surface area contributed by atoms with Crippen LogP contribution >= 0.6 is 0 Å². The fraction of sp³-hybridized carbons (Fsp3) is 0.150. The molecule has 0 bridgehead atoms. The van der Waals surface area contributed by atoms with Gasteiger partial charge in [0.15, 0.2) is 0 Å². The van der Waals surface area contributed by atoms with Crippen molar-refractivity contribution in [3.8, 4) is 11.5 Å². The maximum atomic E-state index is 12.4. The highest BCUT2D eigenvalue weighted by molar-refractivity contribution is 6.04. The average molecular weight is 364 g/mol. The minimum atomic E-state index is -0.309. The molecule has 27 heavy (non-hydrogen) atoms. The van der Waals surface area contributed by atoms with Gasteiger partial charge in [0, 0.05) is 24.5 Å². The molecule has 0 atom stereocenters. The summed E-state index contributed by atoms with van der Waals surface area (Å²) in [7, 11) is 3.18. The second-order valence-electron chi connectivity index (χ2n) is 5.62. The van der Waals surface area contributed by atoms with Crippen LogP contribution in [0.25, 0.3) is 0 Å². The molecule has 138 valence electrons. The van der Waals surface area contributed by atoms with Crippen LogP contribution in [0.4, 0.5) is 11.6 Å². The fourth-order valence-corrected chi connectivity index (χ4v) is 2.50. The number of hydrogen-bond donors (Lipinski definition) is 2. The highest BCUT2D eigenvalue weighted by Crippen LogP contribution is 2.23. The molecule has 2 N–H and O–H groups in total. The number of hydrogen-bond acceptors (Lipinski definition) is 6. The molecule has 0 aliphatic rings. The quantitative estimate of drug-likeness (QED) is 0.669. The zero-order valence-electron chi connectivity index (χ0n) is 15.1. The zero-order valence-corrected chi connectivity index (χ0v) is 15.1. The zero-order chi connectivity index (χ0) is 19.1. The smallest absolute Gasteiger partial charge is 0.258 e. The minimum absolute atomic E-state index is 0.309. The first-order valence-electron chi connectivity index (χ1n) is 8.33. The van der Waals surface area contributed by atoms with Gasteiger partial charge in [-0.2, -0.15) is 0 Å². The Morgan fingerprint density at radius 1 is 0.926 bits per heavy atom. The lowest BCUT2D eigenvalue weighted by Crippen LogP contribution is -2.14. The number of benzene rings is 2. The normalized spacial score (nSPS) is 10.1. The van der Waals surface area contributed by atoms with Gasteiger partial charge in [0.1, 0.15) is 11.5 Å². The molecule has 1 heterocycles. The van der Waals surface area contributed by atoms with Crippen molar-refractivity contribution < 1.29 is 14.3 Å². The summed E-state index contributed by atoms with van der Waals surface area (Å²) in [5.41, 5.74) is 1.92. The van der Waals surface area contributed by atoms with Crippen LogP contribution in [0, 0.1) is 0 Å². The highest BCUT2D eigenvalue weighted by atomic mass is 16.5. The molecule has 0 aliphatic carbocycles. The topological polar surface area (TPSA) is 85.4 Å². The average Bonchev–Trinajstić information content (AvgIpc) is 2.73. The Labute approximate surface area is 157 Å². The molecule has 7 nitrogen and oxygen atoms in total. The van der Waals surface area contributed by atoms with Gasteiger partial charge in [-0.1, -0.05) is 30.3 Å². The molecule has 0 aliphatic heterocycles. The van der Waals surface area contributed by atoms with Crippen molar-refractivity contribution in [2.24, 2.45) is 0 Å². The molecule has 0 unspecified atom stereocenters. The van der Waals surface area contributed by atoms with Gasteiger partial charge in [-0.25, -0.2) is 9.97 Å². The van der Waals surface area contributed by atoms with Crippen LogP contribution in [0.1, 0.15) is 15.9 Å². The van der Waals surface area contributed by atoms with Crippen molar-refractivity contribution in [3.63, 3.8) is 0 Å². The maximum absolute atomic E-state index is 12.4. The molecule has 2 aromatic carbocycles. The number of amides is 1. The Hall–Kier alpha value is -3.61. The number of aromatic nitrogens is 2. The van der Waals surface area contributed by atoms with E-state index in [1.54, 1.807) is 26.4 Å². The van der Waals surface area contributed by atoms with E-state index in [1.165, 1.54) is 12.4 Å². The van der Waals surface area contributed by atoms with E-state index in [0.717, 1.165) is 11.3 Å². The summed E-state index contributed by atoms with van der Waals surface area (Å²) in [6.07, 6.45) is 2.95.